The number of carbonyl (C=O) groups is 2. The van der Waals surface area contributed by atoms with Gasteiger partial charge in [0.05, 0.1) is 19.1 Å². The number of rotatable bonds is 11. The maximum absolute atomic E-state index is 11.4. The van der Waals surface area contributed by atoms with Crippen LogP contribution in [0.15, 0.2) is 30.6 Å². The Bertz CT molecular complexity index is 547. The van der Waals surface area contributed by atoms with Gasteiger partial charge in [0.2, 0.25) is 5.91 Å². The van der Waals surface area contributed by atoms with Crippen molar-refractivity contribution in [3.05, 3.63) is 30.6 Å². The number of amides is 1. The molecule has 0 radical (unpaired) electrons. The molecule has 0 aliphatic rings. The van der Waals surface area contributed by atoms with Crippen molar-refractivity contribution < 1.29 is 14.3 Å². The number of nitrogens with one attached hydrogen (secondary N) is 2. The fourth-order valence-corrected chi connectivity index (χ4v) is 2.34. The van der Waals surface area contributed by atoms with Gasteiger partial charge in [-0.1, -0.05) is 24.8 Å². The number of hydrogen-bond acceptors (Lipinski definition) is 6. The molecule has 0 fully saturated rings. The maximum atomic E-state index is 11.4. The minimum atomic E-state index is -0.0909. The number of carbonyl (C=O) groups excluding carboxylic acids is 2. The van der Waals surface area contributed by atoms with Crippen molar-refractivity contribution in [2.24, 2.45) is 0 Å². The number of pyridine rings is 1. The van der Waals surface area contributed by atoms with E-state index in [0.29, 0.717) is 6.54 Å². The summed E-state index contributed by atoms with van der Waals surface area (Å²) in [5.41, 5.74) is 0.912. The molecule has 0 unspecified atom stereocenters. The lowest BCUT2D eigenvalue weighted by Gasteiger charge is -2.09. The third-order valence-electron chi connectivity index (χ3n) is 3.16. The largest absolute Gasteiger partial charge is 0.495 e. The molecular weight excluding hydrogens is 326 g/mol. The van der Waals surface area contributed by atoms with Crippen molar-refractivity contribution >= 4 is 28.6 Å². The Hall–Kier alpha value is -2.02. The summed E-state index contributed by atoms with van der Waals surface area (Å²) < 4.78 is 5.06. The molecule has 6 nitrogen and oxygen atoms in total. The third kappa shape index (κ3) is 9.19. The number of methoxy groups -OCH3 is 1. The lowest BCUT2D eigenvalue weighted by Crippen LogP contribution is -2.26. The summed E-state index contributed by atoms with van der Waals surface area (Å²) in [6, 6.07) is 3.69. The van der Waals surface area contributed by atoms with E-state index in [4.69, 9.17) is 4.74 Å². The predicted octanol–water partition coefficient (Wildman–Crippen LogP) is 2.97. The molecule has 1 aromatic heterocycles. The SMILES string of the molecule is C=C(CCCCCNC(=O)CSC(C)=O)Nc1ccc(OC)cn1. The lowest BCUT2D eigenvalue weighted by molar-refractivity contribution is -0.118. The topological polar surface area (TPSA) is 80.3 Å². The molecule has 0 aliphatic carbocycles. The number of thioether (sulfide) groups is 1. The summed E-state index contributed by atoms with van der Waals surface area (Å²) >= 11 is 1.03. The molecule has 0 saturated carbocycles. The third-order valence-corrected chi connectivity index (χ3v) is 3.97. The van der Waals surface area contributed by atoms with E-state index < -0.39 is 0 Å². The average Bonchev–Trinajstić information content (AvgIpc) is 2.56. The molecule has 1 rings (SSSR count). The molecule has 0 aromatic carbocycles. The number of nitrogens with zero attached hydrogens (tertiary/aromatic N) is 1. The van der Waals surface area contributed by atoms with Crippen LogP contribution in [0.2, 0.25) is 0 Å². The van der Waals surface area contributed by atoms with Gasteiger partial charge in [0, 0.05) is 19.2 Å². The summed E-state index contributed by atoms with van der Waals surface area (Å²) in [5, 5.41) is 5.93. The zero-order valence-corrected chi connectivity index (χ0v) is 15.1. The molecule has 7 heteroatoms. The highest BCUT2D eigenvalue weighted by Crippen LogP contribution is 2.14. The van der Waals surface area contributed by atoms with Crippen LogP contribution < -0.4 is 15.4 Å². The van der Waals surface area contributed by atoms with E-state index in [1.807, 2.05) is 12.1 Å². The fourth-order valence-electron chi connectivity index (χ4n) is 1.90. The Morgan fingerprint density at radius 3 is 2.71 bits per heavy atom. The highest BCUT2D eigenvalue weighted by molar-refractivity contribution is 8.14. The van der Waals surface area contributed by atoms with Crippen molar-refractivity contribution in [1.29, 1.82) is 0 Å². The number of aromatic nitrogens is 1. The first kappa shape index (κ1) is 20.0. The van der Waals surface area contributed by atoms with Crippen LogP contribution in [0.3, 0.4) is 0 Å². The zero-order chi connectivity index (χ0) is 17.8. The molecule has 132 valence electrons. The van der Waals surface area contributed by atoms with Crippen LogP contribution in [0.1, 0.15) is 32.6 Å². The molecule has 24 heavy (non-hydrogen) atoms. The van der Waals surface area contributed by atoms with E-state index in [-0.39, 0.29) is 16.8 Å². The van der Waals surface area contributed by atoms with Crippen LogP contribution in [0.5, 0.6) is 5.75 Å². The van der Waals surface area contributed by atoms with Crippen LogP contribution in [0.4, 0.5) is 5.82 Å². The molecule has 0 saturated heterocycles. The summed E-state index contributed by atoms with van der Waals surface area (Å²) in [6.07, 6.45) is 5.39. The first-order valence-corrected chi connectivity index (χ1v) is 8.84. The summed E-state index contributed by atoms with van der Waals surface area (Å²) in [6.45, 7) is 6.09. The molecule has 1 aromatic rings. The van der Waals surface area contributed by atoms with Gasteiger partial charge in [-0.15, -0.1) is 0 Å². The van der Waals surface area contributed by atoms with Gasteiger partial charge in [-0.25, -0.2) is 4.98 Å². The van der Waals surface area contributed by atoms with Crippen LogP contribution in [-0.2, 0) is 9.59 Å². The molecule has 0 bridgehead atoms. The van der Waals surface area contributed by atoms with Crippen molar-refractivity contribution in [3.63, 3.8) is 0 Å². The van der Waals surface area contributed by atoms with Gasteiger partial charge in [-0.3, -0.25) is 9.59 Å². The smallest absolute Gasteiger partial charge is 0.230 e. The molecule has 1 heterocycles. The van der Waals surface area contributed by atoms with Crippen molar-refractivity contribution in [1.82, 2.24) is 10.3 Å². The van der Waals surface area contributed by atoms with Gasteiger partial charge in [0.1, 0.15) is 11.6 Å². The average molecular weight is 351 g/mol. The second-order valence-electron chi connectivity index (χ2n) is 5.25. The molecular formula is C17H25N3O3S. The zero-order valence-electron chi connectivity index (χ0n) is 14.3. The number of unbranched alkanes of at least 4 members (excludes halogenated alkanes) is 2. The minimum absolute atomic E-state index is 0.0393. The molecule has 1 amide bonds. The first-order valence-electron chi connectivity index (χ1n) is 7.86. The van der Waals surface area contributed by atoms with Crippen LogP contribution in [0.25, 0.3) is 0 Å². The Kier molecular flexibility index (Phi) is 9.60. The van der Waals surface area contributed by atoms with E-state index in [1.54, 1.807) is 13.3 Å². The van der Waals surface area contributed by atoms with E-state index >= 15 is 0 Å². The van der Waals surface area contributed by atoms with Crippen molar-refractivity contribution in [2.45, 2.75) is 32.6 Å². The van der Waals surface area contributed by atoms with Gasteiger partial charge in [0.15, 0.2) is 5.12 Å². The highest BCUT2D eigenvalue weighted by atomic mass is 32.2. The Labute approximate surface area is 147 Å². The summed E-state index contributed by atoms with van der Waals surface area (Å²) in [7, 11) is 1.60. The van der Waals surface area contributed by atoms with E-state index in [0.717, 1.165) is 54.7 Å². The van der Waals surface area contributed by atoms with Crippen LogP contribution in [-0.4, -0.2) is 35.4 Å². The van der Waals surface area contributed by atoms with Gasteiger partial charge >= 0.3 is 0 Å². The summed E-state index contributed by atoms with van der Waals surface area (Å²) in [4.78, 5) is 26.4. The second-order valence-corrected chi connectivity index (χ2v) is 6.40. The monoisotopic (exact) mass is 351 g/mol. The first-order chi connectivity index (χ1) is 11.5. The molecule has 2 N–H and O–H groups in total. The number of allylic oxidation sites excluding steroid dienone is 1. The van der Waals surface area contributed by atoms with Crippen LogP contribution in [0, 0.1) is 0 Å². The highest BCUT2D eigenvalue weighted by Gasteiger charge is 2.03. The maximum Gasteiger partial charge on any atom is 0.230 e. The molecule has 0 atom stereocenters. The van der Waals surface area contributed by atoms with E-state index in [9.17, 15) is 9.59 Å². The van der Waals surface area contributed by atoms with Gasteiger partial charge in [-0.2, -0.15) is 0 Å². The second kappa shape index (κ2) is 11.5. The minimum Gasteiger partial charge on any atom is -0.495 e. The number of hydrogen-bond donors (Lipinski definition) is 2. The van der Waals surface area contributed by atoms with E-state index in [2.05, 4.69) is 22.2 Å². The van der Waals surface area contributed by atoms with E-state index in [1.165, 1.54) is 6.92 Å². The summed E-state index contributed by atoms with van der Waals surface area (Å²) in [5.74, 6) is 1.57. The molecule has 0 spiro atoms. The van der Waals surface area contributed by atoms with Crippen molar-refractivity contribution in [2.75, 3.05) is 24.7 Å². The number of anilines is 1. The van der Waals surface area contributed by atoms with Gasteiger partial charge in [-0.05, 0) is 31.4 Å². The molecule has 0 aliphatic heterocycles. The standard InChI is InChI=1S/C17H25N3O3S/c1-13(20-16-9-8-15(23-3)11-19-16)7-5-4-6-10-18-17(22)12-24-14(2)21/h8-9,11H,1,4-7,10,12H2,2-3H3,(H,18,22)(H,19,20). The number of ether oxygens (including phenoxy) is 1. The van der Waals surface area contributed by atoms with Gasteiger partial charge < -0.3 is 15.4 Å². The quantitative estimate of drug-likeness (QED) is 0.597. The van der Waals surface area contributed by atoms with Crippen LogP contribution >= 0.6 is 11.8 Å². The predicted molar refractivity (Wildman–Crippen MR) is 98.2 cm³/mol. The fraction of sp³-hybridized carbons (Fsp3) is 0.471. The Balaban J connectivity index is 2.06. The van der Waals surface area contributed by atoms with Gasteiger partial charge in [0.25, 0.3) is 0 Å². The lowest BCUT2D eigenvalue weighted by atomic mass is 10.1. The normalized spacial score (nSPS) is 10.1. The Morgan fingerprint density at radius 2 is 2.08 bits per heavy atom. The van der Waals surface area contributed by atoms with Crippen molar-refractivity contribution in [3.8, 4) is 5.75 Å². The Morgan fingerprint density at radius 1 is 1.29 bits per heavy atom.